The van der Waals surface area contributed by atoms with Gasteiger partial charge in [-0.05, 0) is 42.5 Å². The van der Waals surface area contributed by atoms with Crippen molar-refractivity contribution < 1.29 is 13.9 Å². The maximum absolute atomic E-state index is 12.2. The fourth-order valence-corrected chi connectivity index (χ4v) is 2.70. The molecule has 1 amide bonds. The first kappa shape index (κ1) is 14.9. The van der Waals surface area contributed by atoms with E-state index in [0.717, 1.165) is 9.86 Å². The molecule has 2 aromatic carbocycles. The zero-order valence-electron chi connectivity index (χ0n) is 11.5. The van der Waals surface area contributed by atoms with E-state index in [4.69, 9.17) is 20.8 Å². The maximum atomic E-state index is 12.2. The Morgan fingerprint density at radius 2 is 2.05 bits per heavy atom. The number of nitrogens with one attached hydrogen (secondary N) is 1. The van der Waals surface area contributed by atoms with Crippen molar-refractivity contribution in [3.05, 3.63) is 57.7 Å². The van der Waals surface area contributed by atoms with Crippen LogP contribution >= 0.6 is 27.5 Å². The highest BCUT2D eigenvalue weighted by Crippen LogP contribution is 2.28. The number of hydrogen-bond donors (Lipinski definition) is 1. The van der Waals surface area contributed by atoms with Crippen molar-refractivity contribution in [3.63, 3.8) is 0 Å². The van der Waals surface area contributed by atoms with Crippen LogP contribution in [0.3, 0.4) is 0 Å². The Morgan fingerprint density at radius 1 is 1.23 bits per heavy atom. The van der Waals surface area contributed by atoms with E-state index in [1.165, 1.54) is 7.11 Å². The Labute approximate surface area is 140 Å². The average Bonchev–Trinajstić information content (AvgIpc) is 2.90. The number of hydrogen-bond acceptors (Lipinski definition) is 3. The number of fused-ring (bicyclic) bond motifs is 1. The highest BCUT2D eigenvalue weighted by molar-refractivity contribution is 9.10. The van der Waals surface area contributed by atoms with Gasteiger partial charge in [0.1, 0.15) is 11.3 Å². The molecule has 3 rings (SSSR count). The third kappa shape index (κ3) is 2.96. The molecular formula is C16H11BrClNO3. The van der Waals surface area contributed by atoms with Crippen LogP contribution in [0, 0.1) is 0 Å². The number of rotatable bonds is 3. The van der Waals surface area contributed by atoms with E-state index >= 15 is 0 Å². The molecule has 1 N–H and O–H groups in total. The smallest absolute Gasteiger partial charge is 0.291 e. The van der Waals surface area contributed by atoms with Crippen LogP contribution in [-0.4, -0.2) is 13.0 Å². The molecule has 0 radical (unpaired) electrons. The van der Waals surface area contributed by atoms with E-state index in [2.05, 4.69) is 21.2 Å². The fourth-order valence-electron chi connectivity index (χ4n) is 2.06. The summed E-state index contributed by atoms with van der Waals surface area (Å²) in [5.74, 6) is 0.446. The van der Waals surface area contributed by atoms with Crippen molar-refractivity contribution >= 4 is 50.1 Å². The molecule has 0 aliphatic carbocycles. The summed E-state index contributed by atoms with van der Waals surface area (Å²) in [6, 6.07) is 12.3. The van der Waals surface area contributed by atoms with E-state index in [1.54, 1.807) is 30.3 Å². The number of amides is 1. The van der Waals surface area contributed by atoms with Gasteiger partial charge in [0.25, 0.3) is 5.91 Å². The molecule has 0 fully saturated rings. The number of furan rings is 1. The summed E-state index contributed by atoms with van der Waals surface area (Å²) < 4.78 is 11.5. The standard InChI is InChI=1S/C16H11BrClNO3/c1-21-14-5-3-11(8-12(14)18)19-16(20)15-7-9-6-10(17)2-4-13(9)22-15/h2-8H,1H3,(H,19,20). The van der Waals surface area contributed by atoms with E-state index in [9.17, 15) is 4.79 Å². The predicted octanol–water partition coefficient (Wildman–Crippen LogP) is 5.11. The normalized spacial score (nSPS) is 10.7. The molecule has 0 unspecified atom stereocenters. The van der Waals surface area contributed by atoms with Crippen LogP contribution < -0.4 is 10.1 Å². The highest BCUT2D eigenvalue weighted by atomic mass is 79.9. The second-order valence-corrected chi connectivity index (χ2v) is 5.92. The van der Waals surface area contributed by atoms with Crippen LogP contribution in [0.4, 0.5) is 5.69 Å². The molecule has 0 bridgehead atoms. The van der Waals surface area contributed by atoms with Crippen LogP contribution in [0.5, 0.6) is 5.75 Å². The summed E-state index contributed by atoms with van der Waals surface area (Å²) >= 11 is 9.42. The largest absolute Gasteiger partial charge is 0.495 e. The van der Waals surface area contributed by atoms with Gasteiger partial charge in [0.2, 0.25) is 0 Å². The molecule has 0 atom stereocenters. The monoisotopic (exact) mass is 379 g/mol. The van der Waals surface area contributed by atoms with Gasteiger partial charge >= 0.3 is 0 Å². The zero-order chi connectivity index (χ0) is 15.7. The van der Waals surface area contributed by atoms with Gasteiger partial charge in [0.15, 0.2) is 5.76 Å². The summed E-state index contributed by atoms with van der Waals surface area (Å²) in [5.41, 5.74) is 1.22. The summed E-state index contributed by atoms with van der Waals surface area (Å²) in [6.45, 7) is 0. The third-order valence-electron chi connectivity index (χ3n) is 3.11. The number of anilines is 1. The first-order valence-electron chi connectivity index (χ1n) is 6.41. The van der Waals surface area contributed by atoms with Crippen molar-refractivity contribution in [3.8, 4) is 5.75 Å². The molecule has 1 heterocycles. The van der Waals surface area contributed by atoms with Gasteiger partial charge < -0.3 is 14.5 Å². The minimum Gasteiger partial charge on any atom is -0.495 e. The van der Waals surface area contributed by atoms with Crippen molar-refractivity contribution in [1.29, 1.82) is 0 Å². The number of ether oxygens (including phenoxy) is 1. The van der Waals surface area contributed by atoms with E-state index in [-0.39, 0.29) is 11.7 Å². The Hall–Kier alpha value is -1.98. The summed E-state index contributed by atoms with van der Waals surface area (Å²) in [5, 5.41) is 4.02. The second-order valence-electron chi connectivity index (χ2n) is 4.60. The number of halogens is 2. The minimum atomic E-state index is -0.339. The van der Waals surface area contributed by atoms with Crippen molar-refractivity contribution in [2.75, 3.05) is 12.4 Å². The molecule has 0 aliphatic heterocycles. The minimum absolute atomic E-state index is 0.236. The van der Waals surface area contributed by atoms with Gasteiger partial charge in [-0.3, -0.25) is 4.79 Å². The van der Waals surface area contributed by atoms with Gasteiger partial charge in [0.05, 0.1) is 12.1 Å². The predicted molar refractivity (Wildman–Crippen MR) is 89.9 cm³/mol. The van der Waals surface area contributed by atoms with Crippen LogP contribution in [0.25, 0.3) is 11.0 Å². The highest BCUT2D eigenvalue weighted by Gasteiger charge is 2.13. The Bertz CT molecular complexity index is 860. The quantitative estimate of drug-likeness (QED) is 0.687. The lowest BCUT2D eigenvalue weighted by Crippen LogP contribution is -2.10. The van der Waals surface area contributed by atoms with E-state index in [1.807, 2.05) is 12.1 Å². The molecule has 6 heteroatoms. The molecule has 112 valence electrons. The van der Waals surface area contributed by atoms with Crippen LogP contribution in [-0.2, 0) is 0 Å². The van der Waals surface area contributed by atoms with E-state index < -0.39 is 0 Å². The van der Waals surface area contributed by atoms with Crippen LogP contribution in [0.1, 0.15) is 10.6 Å². The van der Waals surface area contributed by atoms with Gasteiger partial charge in [-0.1, -0.05) is 27.5 Å². The van der Waals surface area contributed by atoms with Gasteiger partial charge in [-0.2, -0.15) is 0 Å². The molecule has 0 spiro atoms. The SMILES string of the molecule is COc1ccc(NC(=O)c2cc3cc(Br)ccc3o2)cc1Cl. The number of methoxy groups -OCH3 is 1. The lowest BCUT2D eigenvalue weighted by molar-refractivity contribution is 0.0998. The average molecular weight is 381 g/mol. The Kier molecular flexibility index (Phi) is 4.09. The molecular weight excluding hydrogens is 370 g/mol. The Morgan fingerprint density at radius 3 is 2.77 bits per heavy atom. The summed E-state index contributed by atoms with van der Waals surface area (Å²) in [4.78, 5) is 12.2. The van der Waals surface area contributed by atoms with Crippen LogP contribution in [0.15, 0.2) is 51.4 Å². The summed E-state index contributed by atoms with van der Waals surface area (Å²) in [6.07, 6.45) is 0. The maximum Gasteiger partial charge on any atom is 0.291 e. The molecule has 0 saturated carbocycles. The molecule has 0 saturated heterocycles. The lowest BCUT2D eigenvalue weighted by Gasteiger charge is -2.06. The second kappa shape index (κ2) is 6.02. The van der Waals surface area contributed by atoms with Gasteiger partial charge in [0, 0.05) is 15.5 Å². The van der Waals surface area contributed by atoms with Crippen molar-refractivity contribution in [1.82, 2.24) is 0 Å². The zero-order valence-corrected chi connectivity index (χ0v) is 13.9. The fraction of sp³-hybridized carbons (Fsp3) is 0.0625. The first-order chi connectivity index (χ1) is 10.6. The molecule has 0 aliphatic rings. The van der Waals surface area contributed by atoms with Gasteiger partial charge in [-0.15, -0.1) is 0 Å². The van der Waals surface area contributed by atoms with E-state index in [0.29, 0.717) is 22.0 Å². The number of benzene rings is 2. The first-order valence-corrected chi connectivity index (χ1v) is 7.58. The van der Waals surface area contributed by atoms with Crippen LogP contribution in [0.2, 0.25) is 5.02 Å². The topological polar surface area (TPSA) is 51.5 Å². The molecule has 4 nitrogen and oxygen atoms in total. The van der Waals surface area contributed by atoms with Crippen molar-refractivity contribution in [2.24, 2.45) is 0 Å². The Balaban J connectivity index is 1.85. The molecule has 22 heavy (non-hydrogen) atoms. The number of carbonyl (C=O) groups is 1. The number of carbonyl (C=O) groups excluding carboxylic acids is 1. The molecule has 1 aromatic heterocycles. The lowest BCUT2D eigenvalue weighted by atomic mass is 10.2. The third-order valence-corrected chi connectivity index (χ3v) is 3.90. The van der Waals surface area contributed by atoms with Gasteiger partial charge in [-0.25, -0.2) is 0 Å². The van der Waals surface area contributed by atoms with Crippen molar-refractivity contribution in [2.45, 2.75) is 0 Å². The summed E-state index contributed by atoms with van der Waals surface area (Å²) in [7, 11) is 1.53. The molecule has 3 aromatic rings.